The molecule has 1 unspecified atom stereocenters. The minimum atomic E-state index is -3.72. The molecule has 0 radical (unpaired) electrons. The van der Waals surface area contributed by atoms with Gasteiger partial charge in [0.05, 0.1) is 12.2 Å². The Morgan fingerprint density at radius 3 is 2.90 bits per heavy atom. The summed E-state index contributed by atoms with van der Waals surface area (Å²) in [6.45, 7) is 1.89. The van der Waals surface area contributed by atoms with Crippen molar-refractivity contribution in [3.05, 3.63) is 36.4 Å². The van der Waals surface area contributed by atoms with Crippen LogP contribution in [0.1, 0.15) is 18.8 Å². The van der Waals surface area contributed by atoms with Crippen molar-refractivity contribution in [3.63, 3.8) is 0 Å². The number of hydrogen-bond acceptors (Lipinski definition) is 7. The van der Waals surface area contributed by atoms with Gasteiger partial charge in [0, 0.05) is 6.20 Å². The molecule has 10 heteroatoms. The van der Waals surface area contributed by atoms with Gasteiger partial charge in [-0.3, -0.25) is 4.40 Å². The molecule has 0 amide bonds. The highest BCUT2D eigenvalue weighted by atomic mass is 32.2. The van der Waals surface area contributed by atoms with Crippen LogP contribution in [0, 0.1) is 0 Å². The second-order valence-corrected chi connectivity index (χ2v) is 7.20. The quantitative estimate of drug-likeness (QED) is 0.740. The molecule has 0 aliphatic heterocycles. The van der Waals surface area contributed by atoms with Crippen molar-refractivity contribution in [2.45, 2.75) is 17.2 Å². The Morgan fingerprint density at radius 2 is 2.19 bits per heavy atom. The molecule has 3 aromatic rings. The lowest BCUT2D eigenvalue weighted by Crippen LogP contribution is -2.10. The molecule has 1 atom stereocenters. The van der Waals surface area contributed by atoms with E-state index in [0.717, 1.165) is 17.0 Å². The highest BCUT2D eigenvalue weighted by Crippen LogP contribution is 2.25. The SMILES string of the molecule is CC(Nc1ncc(S(N)(=O)=O)s1)c1nnc2ccccn12. The molecule has 0 spiro atoms. The van der Waals surface area contributed by atoms with Gasteiger partial charge < -0.3 is 5.32 Å². The third-order valence-corrected chi connectivity index (χ3v) is 5.17. The van der Waals surface area contributed by atoms with E-state index in [1.54, 1.807) is 0 Å². The van der Waals surface area contributed by atoms with Crippen molar-refractivity contribution in [1.29, 1.82) is 0 Å². The molecule has 8 nitrogen and oxygen atoms in total. The predicted molar refractivity (Wildman–Crippen MR) is 78.5 cm³/mol. The number of sulfonamides is 1. The first-order valence-electron chi connectivity index (χ1n) is 6.00. The zero-order chi connectivity index (χ0) is 15.0. The number of thiazole rings is 1. The summed E-state index contributed by atoms with van der Waals surface area (Å²) in [4.78, 5) is 4.00. The summed E-state index contributed by atoms with van der Waals surface area (Å²) in [5, 5.41) is 16.8. The topological polar surface area (TPSA) is 115 Å². The Labute approximate surface area is 124 Å². The summed E-state index contributed by atoms with van der Waals surface area (Å²) in [6.07, 6.45) is 3.09. The second-order valence-electron chi connectivity index (χ2n) is 4.38. The molecule has 110 valence electrons. The Balaban J connectivity index is 1.86. The Kier molecular flexibility index (Phi) is 3.35. The molecule has 0 saturated heterocycles. The summed E-state index contributed by atoms with van der Waals surface area (Å²) in [5.41, 5.74) is 0.741. The number of rotatable bonds is 4. The Hall–Kier alpha value is -2.04. The molecule has 3 rings (SSSR count). The van der Waals surface area contributed by atoms with Gasteiger partial charge in [-0.25, -0.2) is 18.5 Å². The van der Waals surface area contributed by atoms with E-state index in [2.05, 4.69) is 20.5 Å². The van der Waals surface area contributed by atoms with Gasteiger partial charge in [-0.05, 0) is 19.1 Å². The van der Waals surface area contributed by atoms with Crippen molar-refractivity contribution >= 4 is 32.1 Å². The highest BCUT2D eigenvalue weighted by Gasteiger charge is 2.17. The number of aromatic nitrogens is 4. The molecule has 0 saturated carbocycles. The fourth-order valence-electron chi connectivity index (χ4n) is 1.86. The van der Waals surface area contributed by atoms with Crippen molar-refractivity contribution in [3.8, 4) is 0 Å². The number of nitrogens with two attached hydrogens (primary N) is 1. The second kappa shape index (κ2) is 5.06. The molecular weight excluding hydrogens is 312 g/mol. The van der Waals surface area contributed by atoms with Crippen LogP contribution in [-0.4, -0.2) is 28.0 Å². The van der Waals surface area contributed by atoms with Gasteiger partial charge in [0.2, 0.25) is 10.0 Å². The summed E-state index contributed by atoms with van der Waals surface area (Å²) in [7, 11) is -3.72. The Morgan fingerprint density at radius 1 is 1.38 bits per heavy atom. The van der Waals surface area contributed by atoms with Crippen LogP contribution >= 0.6 is 11.3 Å². The molecule has 0 bridgehead atoms. The molecule has 21 heavy (non-hydrogen) atoms. The van der Waals surface area contributed by atoms with Crippen molar-refractivity contribution in [2.75, 3.05) is 5.32 Å². The lowest BCUT2D eigenvalue weighted by atomic mass is 10.3. The molecule has 0 aliphatic carbocycles. The average molecular weight is 324 g/mol. The zero-order valence-electron chi connectivity index (χ0n) is 11.0. The normalized spacial score (nSPS) is 13.4. The average Bonchev–Trinajstić information content (AvgIpc) is 3.03. The minimum Gasteiger partial charge on any atom is -0.352 e. The number of anilines is 1. The summed E-state index contributed by atoms with van der Waals surface area (Å²) < 4.78 is 24.3. The molecular formula is C11H12N6O2S2. The van der Waals surface area contributed by atoms with Crippen LogP contribution in [0.3, 0.4) is 0 Å². The largest absolute Gasteiger partial charge is 0.352 e. The minimum absolute atomic E-state index is 0.0169. The zero-order valence-corrected chi connectivity index (χ0v) is 12.6. The number of nitrogens with one attached hydrogen (secondary N) is 1. The van der Waals surface area contributed by atoms with Crippen LogP contribution < -0.4 is 10.5 Å². The van der Waals surface area contributed by atoms with E-state index in [9.17, 15) is 8.42 Å². The van der Waals surface area contributed by atoms with E-state index in [1.165, 1.54) is 6.20 Å². The van der Waals surface area contributed by atoms with Gasteiger partial charge in [-0.15, -0.1) is 10.2 Å². The Bertz CT molecular complexity index is 885. The van der Waals surface area contributed by atoms with Crippen molar-refractivity contribution in [2.24, 2.45) is 5.14 Å². The fourth-order valence-corrected chi connectivity index (χ4v) is 3.40. The molecule has 3 heterocycles. The van der Waals surface area contributed by atoms with Gasteiger partial charge in [-0.1, -0.05) is 17.4 Å². The van der Waals surface area contributed by atoms with E-state index in [4.69, 9.17) is 5.14 Å². The van der Waals surface area contributed by atoms with Gasteiger partial charge in [0.1, 0.15) is 0 Å². The number of pyridine rings is 1. The van der Waals surface area contributed by atoms with Crippen LogP contribution in [0.2, 0.25) is 0 Å². The monoisotopic (exact) mass is 324 g/mol. The number of hydrogen-bond donors (Lipinski definition) is 2. The first-order valence-corrected chi connectivity index (χ1v) is 8.36. The smallest absolute Gasteiger partial charge is 0.249 e. The summed E-state index contributed by atoms with van der Waals surface area (Å²) in [6, 6.07) is 5.42. The summed E-state index contributed by atoms with van der Waals surface area (Å²) >= 11 is 0.978. The molecule has 3 aromatic heterocycles. The molecule has 0 fully saturated rings. The van der Waals surface area contributed by atoms with Gasteiger partial charge in [0.25, 0.3) is 0 Å². The van der Waals surface area contributed by atoms with Crippen LogP contribution in [0.5, 0.6) is 0 Å². The van der Waals surface area contributed by atoms with E-state index in [0.29, 0.717) is 11.0 Å². The molecule has 0 aromatic carbocycles. The lowest BCUT2D eigenvalue weighted by Gasteiger charge is -2.10. The highest BCUT2D eigenvalue weighted by molar-refractivity contribution is 7.91. The molecule has 0 aliphatic rings. The lowest BCUT2D eigenvalue weighted by molar-refractivity contribution is 0.599. The van der Waals surface area contributed by atoms with Crippen molar-refractivity contribution < 1.29 is 8.42 Å². The number of fused-ring (bicyclic) bond motifs is 1. The van der Waals surface area contributed by atoms with E-state index < -0.39 is 10.0 Å². The fraction of sp³-hybridized carbons (Fsp3) is 0.182. The third-order valence-electron chi connectivity index (χ3n) is 2.83. The van der Waals surface area contributed by atoms with Crippen LogP contribution in [0.15, 0.2) is 34.8 Å². The first-order chi connectivity index (χ1) is 9.95. The van der Waals surface area contributed by atoms with Crippen LogP contribution in [-0.2, 0) is 10.0 Å². The maximum absolute atomic E-state index is 11.2. The first kappa shape index (κ1) is 13.9. The van der Waals surface area contributed by atoms with Gasteiger partial charge in [0.15, 0.2) is 20.8 Å². The van der Waals surface area contributed by atoms with E-state index >= 15 is 0 Å². The van der Waals surface area contributed by atoms with E-state index in [1.807, 2.05) is 35.7 Å². The standard InChI is InChI=1S/C11H12N6O2S2/c1-7(10-16-15-8-4-2-3-5-17(8)10)14-11-13-6-9(20-11)21(12,18)19/h2-7H,1H3,(H,13,14)(H2,12,18,19). The number of nitrogens with zero attached hydrogens (tertiary/aromatic N) is 4. The maximum Gasteiger partial charge on any atom is 0.249 e. The number of primary sulfonamides is 1. The van der Waals surface area contributed by atoms with Crippen molar-refractivity contribution in [1.82, 2.24) is 19.6 Å². The summed E-state index contributed by atoms with van der Waals surface area (Å²) in [5.74, 6) is 0.706. The van der Waals surface area contributed by atoms with Crippen LogP contribution in [0.4, 0.5) is 5.13 Å². The van der Waals surface area contributed by atoms with Gasteiger partial charge >= 0.3 is 0 Å². The predicted octanol–water partition coefficient (Wildman–Crippen LogP) is 1.01. The maximum atomic E-state index is 11.2. The van der Waals surface area contributed by atoms with Crippen LogP contribution in [0.25, 0.3) is 5.65 Å². The van der Waals surface area contributed by atoms with E-state index in [-0.39, 0.29) is 10.3 Å². The van der Waals surface area contributed by atoms with Gasteiger partial charge in [-0.2, -0.15) is 0 Å². The molecule has 3 N–H and O–H groups in total. The third kappa shape index (κ3) is 2.73.